The van der Waals surface area contributed by atoms with E-state index in [-0.39, 0.29) is 18.1 Å². The Labute approximate surface area is 182 Å². The third-order valence-corrected chi connectivity index (χ3v) is 6.09. The average molecular weight is 419 g/mol. The molecule has 2 N–H and O–H groups in total. The summed E-state index contributed by atoms with van der Waals surface area (Å²) in [5.41, 5.74) is 3.12. The molecule has 0 bridgehead atoms. The second kappa shape index (κ2) is 9.35. The van der Waals surface area contributed by atoms with Crippen molar-refractivity contribution in [1.29, 1.82) is 0 Å². The molecule has 3 aromatic rings. The first-order valence-corrected chi connectivity index (χ1v) is 11.0. The number of carbonyl (C=O) groups excluding carboxylic acids is 1. The van der Waals surface area contributed by atoms with Gasteiger partial charge in [-0.15, -0.1) is 0 Å². The summed E-state index contributed by atoms with van der Waals surface area (Å²) in [5, 5.41) is 3.96. The number of pyridine rings is 1. The Kier molecular flexibility index (Phi) is 6.37. The van der Waals surface area contributed by atoms with Gasteiger partial charge in [0, 0.05) is 29.4 Å². The van der Waals surface area contributed by atoms with Crippen molar-refractivity contribution in [3.05, 3.63) is 76.1 Å². The first kappa shape index (κ1) is 21.1. The number of aromatic amines is 1. The second-order valence-corrected chi connectivity index (χ2v) is 8.32. The van der Waals surface area contributed by atoms with E-state index in [9.17, 15) is 9.59 Å². The highest BCUT2D eigenvalue weighted by atomic mass is 16.2. The summed E-state index contributed by atoms with van der Waals surface area (Å²) in [5.74, 6) is 0. The molecule has 0 saturated carbocycles. The zero-order valence-electron chi connectivity index (χ0n) is 18.2. The third kappa shape index (κ3) is 4.97. The summed E-state index contributed by atoms with van der Waals surface area (Å²) >= 11 is 0. The molecule has 0 spiro atoms. The zero-order chi connectivity index (χ0) is 21.8. The van der Waals surface area contributed by atoms with Crippen LogP contribution in [0.25, 0.3) is 10.9 Å². The van der Waals surface area contributed by atoms with Crippen LogP contribution in [0.3, 0.4) is 0 Å². The van der Waals surface area contributed by atoms with Crippen LogP contribution in [0.15, 0.2) is 59.4 Å². The van der Waals surface area contributed by atoms with Crippen LogP contribution >= 0.6 is 0 Å². The van der Waals surface area contributed by atoms with Crippen molar-refractivity contribution in [2.45, 2.75) is 39.3 Å². The van der Waals surface area contributed by atoms with Gasteiger partial charge in [-0.1, -0.05) is 37.3 Å². The summed E-state index contributed by atoms with van der Waals surface area (Å²) in [7, 11) is 0. The lowest BCUT2D eigenvalue weighted by Crippen LogP contribution is -2.45. The zero-order valence-corrected chi connectivity index (χ0v) is 18.2. The maximum Gasteiger partial charge on any atom is 0.322 e. The lowest BCUT2D eigenvalue weighted by Gasteiger charge is -2.30. The molecule has 6 heteroatoms. The minimum atomic E-state index is -0.183. The van der Waals surface area contributed by atoms with Gasteiger partial charge in [0.1, 0.15) is 0 Å². The number of carbonyl (C=O) groups is 1. The van der Waals surface area contributed by atoms with Crippen LogP contribution in [0.2, 0.25) is 0 Å². The van der Waals surface area contributed by atoms with Crippen LogP contribution in [-0.2, 0) is 6.54 Å². The number of anilines is 1. The molecule has 0 aliphatic carbocycles. The Hall–Kier alpha value is -3.12. The predicted octanol–water partition coefficient (Wildman–Crippen LogP) is 4.35. The molecule has 2 amide bonds. The number of aryl methyl sites for hydroxylation is 1. The number of H-pyrrole nitrogens is 1. The molecule has 2 aromatic carbocycles. The van der Waals surface area contributed by atoms with E-state index in [4.69, 9.17) is 0 Å². The Morgan fingerprint density at radius 3 is 2.77 bits per heavy atom. The third-order valence-electron chi connectivity index (χ3n) is 6.09. The van der Waals surface area contributed by atoms with Crippen LogP contribution in [0, 0.1) is 6.92 Å². The maximum absolute atomic E-state index is 13.2. The molecular weight excluding hydrogens is 388 g/mol. The second-order valence-electron chi connectivity index (χ2n) is 8.32. The van der Waals surface area contributed by atoms with Crippen molar-refractivity contribution in [3.8, 4) is 0 Å². The van der Waals surface area contributed by atoms with Gasteiger partial charge >= 0.3 is 6.03 Å². The normalized spacial score (nSPS) is 16.5. The molecule has 0 unspecified atom stereocenters. The number of benzene rings is 2. The highest BCUT2D eigenvalue weighted by molar-refractivity contribution is 5.89. The number of hydrogen-bond donors (Lipinski definition) is 2. The lowest BCUT2D eigenvalue weighted by atomic mass is 10.1. The monoisotopic (exact) mass is 418 g/mol. The van der Waals surface area contributed by atoms with Gasteiger partial charge in [-0.05, 0) is 68.1 Å². The van der Waals surface area contributed by atoms with Crippen molar-refractivity contribution in [3.63, 3.8) is 0 Å². The highest BCUT2D eigenvalue weighted by Gasteiger charge is 2.27. The molecule has 0 radical (unpaired) electrons. The van der Waals surface area contributed by atoms with Gasteiger partial charge < -0.3 is 15.2 Å². The van der Waals surface area contributed by atoms with Crippen LogP contribution < -0.4 is 10.9 Å². The molecule has 31 heavy (non-hydrogen) atoms. The van der Waals surface area contributed by atoms with Gasteiger partial charge in [-0.2, -0.15) is 0 Å². The number of amides is 2. The van der Waals surface area contributed by atoms with Crippen molar-refractivity contribution in [2.24, 2.45) is 0 Å². The van der Waals surface area contributed by atoms with Crippen LogP contribution in [-0.4, -0.2) is 46.5 Å². The van der Waals surface area contributed by atoms with Gasteiger partial charge in [0.05, 0.1) is 6.54 Å². The van der Waals surface area contributed by atoms with Gasteiger partial charge in [-0.3, -0.25) is 9.69 Å². The number of likely N-dealkylation sites (N-methyl/N-ethyl adjacent to an activating group) is 1. The number of rotatable bonds is 6. The molecule has 1 aromatic heterocycles. The van der Waals surface area contributed by atoms with Crippen LogP contribution in [0.1, 0.15) is 30.9 Å². The fourth-order valence-electron chi connectivity index (χ4n) is 4.40. The lowest BCUT2D eigenvalue weighted by molar-refractivity contribution is 0.174. The Bertz CT molecular complexity index is 1110. The molecule has 1 fully saturated rings. The minimum absolute atomic E-state index is 0.144. The fraction of sp³-hybridized carbons (Fsp3) is 0.360. The molecule has 1 atom stereocenters. The number of nitrogens with zero attached hydrogens (tertiary/aromatic N) is 2. The first-order valence-electron chi connectivity index (χ1n) is 11.0. The minimum Gasteiger partial charge on any atom is -0.322 e. The van der Waals surface area contributed by atoms with Crippen molar-refractivity contribution in [1.82, 2.24) is 14.8 Å². The molecule has 1 saturated heterocycles. The Morgan fingerprint density at radius 1 is 1.19 bits per heavy atom. The van der Waals surface area contributed by atoms with E-state index in [2.05, 4.69) is 22.1 Å². The molecule has 162 valence electrons. The van der Waals surface area contributed by atoms with E-state index in [0.717, 1.165) is 48.1 Å². The van der Waals surface area contributed by atoms with E-state index >= 15 is 0 Å². The van der Waals surface area contributed by atoms with Crippen LogP contribution in [0.5, 0.6) is 0 Å². The van der Waals surface area contributed by atoms with E-state index < -0.39 is 0 Å². The molecule has 4 rings (SSSR count). The van der Waals surface area contributed by atoms with Crippen molar-refractivity contribution < 1.29 is 4.79 Å². The molecule has 2 heterocycles. The largest absolute Gasteiger partial charge is 0.322 e. The van der Waals surface area contributed by atoms with Gasteiger partial charge in [0.2, 0.25) is 0 Å². The summed E-state index contributed by atoms with van der Waals surface area (Å²) in [6.45, 7) is 7.05. The Balaban J connectivity index is 1.61. The van der Waals surface area contributed by atoms with Gasteiger partial charge in [0.25, 0.3) is 5.56 Å². The average Bonchev–Trinajstić information content (AvgIpc) is 3.21. The fourth-order valence-corrected chi connectivity index (χ4v) is 4.40. The van der Waals surface area contributed by atoms with E-state index in [0.29, 0.717) is 18.2 Å². The number of para-hydroxylation sites is 1. The quantitative estimate of drug-likeness (QED) is 0.625. The van der Waals surface area contributed by atoms with Crippen molar-refractivity contribution in [2.75, 3.05) is 25.0 Å². The summed E-state index contributed by atoms with van der Waals surface area (Å²) in [6, 6.07) is 17.5. The first-order chi connectivity index (χ1) is 15.0. The number of urea groups is 1. The summed E-state index contributed by atoms with van der Waals surface area (Å²) in [4.78, 5) is 33.2. The van der Waals surface area contributed by atoms with Crippen molar-refractivity contribution >= 4 is 22.6 Å². The molecule has 1 aliphatic heterocycles. The summed E-state index contributed by atoms with van der Waals surface area (Å²) < 4.78 is 0. The van der Waals surface area contributed by atoms with Gasteiger partial charge in [-0.25, -0.2) is 4.79 Å². The molecule has 1 aliphatic rings. The summed E-state index contributed by atoms with van der Waals surface area (Å²) in [6.07, 6.45) is 2.21. The number of aromatic nitrogens is 1. The van der Waals surface area contributed by atoms with Crippen LogP contribution in [0.4, 0.5) is 10.5 Å². The highest BCUT2D eigenvalue weighted by Crippen LogP contribution is 2.20. The topological polar surface area (TPSA) is 68.4 Å². The number of hydrogen-bond acceptors (Lipinski definition) is 3. The molecular formula is C25H30N4O2. The smallest absolute Gasteiger partial charge is 0.322 e. The Morgan fingerprint density at radius 2 is 2.00 bits per heavy atom. The van der Waals surface area contributed by atoms with E-state index in [1.54, 1.807) is 4.90 Å². The predicted molar refractivity (Wildman–Crippen MR) is 125 cm³/mol. The van der Waals surface area contributed by atoms with E-state index in [1.807, 2.05) is 61.5 Å². The number of fused-ring (bicyclic) bond motifs is 1. The maximum atomic E-state index is 13.2. The van der Waals surface area contributed by atoms with Gasteiger partial charge in [0.15, 0.2) is 0 Å². The standard InChI is InChI=1S/C25H30N4O2/c1-3-28-13-7-10-22(28)17-29(25(31)26-21-8-5-4-6-9-21)16-20-15-19-12-11-18(2)14-23(19)27-24(20)30/h4-6,8-9,11-12,14-15,22H,3,7,10,13,16-17H2,1-2H3,(H,26,31)(H,27,30)/t22-/m1/s1. The SMILES string of the molecule is CCN1CCC[C@@H]1CN(Cc1cc2ccc(C)cc2[nH]c1=O)C(=O)Nc1ccccc1. The molecule has 6 nitrogen and oxygen atoms in total. The van der Waals surface area contributed by atoms with E-state index in [1.165, 1.54) is 0 Å². The number of nitrogens with one attached hydrogen (secondary N) is 2. The number of likely N-dealkylation sites (tertiary alicyclic amines) is 1.